The van der Waals surface area contributed by atoms with E-state index in [4.69, 9.17) is 0 Å². The molecule has 0 aromatic heterocycles. The second kappa shape index (κ2) is 9.78. The first-order valence-corrected chi connectivity index (χ1v) is 8.22. The van der Waals surface area contributed by atoms with Gasteiger partial charge in [-0.1, -0.05) is 65.2 Å². The zero-order valence-corrected chi connectivity index (χ0v) is 15.3. The first kappa shape index (κ1) is 23.0. The van der Waals surface area contributed by atoms with Crippen LogP contribution in [0.15, 0.2) is 48.5 Å². The number of ether oxygens (including phenoxy) is 1. The van der Waals surface area contributed by atoms with Crippen LogP contribution in [0.3, 0.4) is 0 Å². The van der Waals surface area contributed by atoms with Gasteiger partial charge in [0.05, 0.1) is 13.2 Å². The van der Waals surface area contributed by atoms with Crippen LogP contribution in [0.4, 0.5) is 26.3 Å². The predicted octanol–water partition coefficient (Wildman–Crippen LogP) is 6.52. The van der Waals surface area contributed by atoms with E-state index in [2.05, 4.69) is 42.8 Å². The number of alkyl halides is 6. The lowest BCUT2D eigenvalue weighted by atomic mass is 9.97. The lowest BCUT2D eigenvalue weighted by Gasteiger charge is -2.23. The molecule has 150 valence electrons. The summed E-state index contributed by atoms with van der Waals surface area (Å²) >= 11 is 0. The molecule has 0 aliphatic carbocycles. The molecule has 27 heavy (non-hydrogen) atoms. The van der Waals surface area contributed by atoms with Crippen LogP contribution in [0, 0.1) is 20.8 Å². The average Bonchev–Trinajstić information content (AvgIpc) is 3.39. The minimum atomic E-state index is -5.33. The van der Waals surface area contributed by atoms with Gasteiger partial charge in [-0.25, -0.2) is 0 Å². The van der Waals surface area contributed by atoms with Crippen molar-refractivity contribution in [1.82, 2.24) is 0 Å². The van der Waals surface area contributed by atoms with Crippen molar-refractivity contribution in [2.45, 2.75) is 39.0 Å². The predicted molar refractivity (Wildman–Crippen MR) is 92.8 cm³/mol. The normalized spacial score (nSPS) is 13.3. The monoisotopic (exact) mass is 392 g/mol. The zero-order valence-electron chi connectivity index (χ0n) is 15.3. The summed E-state index contributed by atoms with van der Waals surface area (Å²) in [6, 6.07) is 12.6. The number of epoxide rings is 1. The van der Waals surface area contributed by atoms with Gasteiger partial charge < -0.3 is 4.74 Å². The molecule has 1 saturated heterocycles. The van der Waals surface area contributed by atoms with Crippen molar-refractivity contribution in [2.24, 2.45) is 0 Å². The van der Waals surface area contributed by atoms with Gasteiger partial charge in [-0.3, -0.25) is 0 Å². The van der Waals surface area contributed by atoms with E-state index in [0.717, 1.165) is 25.3 Å². The van der Waals surface area contributed by atoms with Crippen LogP contribution in [0.25, 0.3) is 0 Å². The van der Waals surface area contributed by atoms with E-state index in [9.17, 15) is 26.3 Å². The molecule has 0 N–H and O–H groups in total. The van der Waals surface area contributed by atoms with E-state index in [1.165, 1.54) is 23.3 Å². The lowest BCUT2D eigenvalue weighted by Crippen LogP contribution is -2.34. The molecule has 7 heteroatoms. The Bertz CT molecular complexity index is 632. The van der Waals surface area contributed by atoms with Gasteiger partial charge in [0.1, 0.15) is 0 Å². The molecule has 2 aromatic rings. The van der Waals surface area contributed by atoms with Gasteiger partial charge >= 0.3 is 12.4 Å². The van der Waals surface area contributed by atoms with Crippen molar-refractivity contribution < 1.29 is 31.1 Å². The highest BCUT2D eigenvalue weighted by Gasteiger charge is 2.57. The summed E-state index contributed by atoms with van der Waals surface area (Å²) in [4.78, 5) is 0. The number of benzene rings is 2. The van der Waals surface area contributed by atoms with Gasteiger partial charge in [0.25, 0.3) is 0 Å². The molecular formula is C20H22F6O. The fraction of sp³-hybridized carbons (Fsp3) is 0.400. The molecule has 0 spiro atoms. The second-order valence-electron chi connectivity index (χ2n) is 6.19. The number of hydrogen-bond acceptors (Lipinski definition) is 1. The van der Waals surface area contributed by atoms with Crippen molar-refractivity contribution in [2.75, 3.05) is 13.2 Å². The summed E-state index contributed by atoms with van der Waals surface area (Å²) in [5, 5.41) is 0. The molecule has 0 bridgehead atoms. The molecule has 2 aromatic carbocycles. The van der Waals surface area contributed by atoms with E-state index < -0.39 is 23.8 Å². The SMILES string of the molecule is C1CO1.Cc1ccc(C(C(F)(F)F)C(F)(F)F)cc1.Cc1ccc(C)cc1. The number of aryl methyl sites for hydroxylation is 3. The molecule has 0 radical (unpaired) electrons. The van der Waals surface area contributed by atoms with Crippen molar-refractivity contribution in [3.63, 3.8) is 0 Å². The molecule has 1 fully saturated rings. The number of halogens is 6. The summed E-state index contributed by atoms with van der Waals surface area (Å²) in [7, 11) is 0. The second-order valence-corrected chi connectivity index (χ2v) is 6.19. The first-order chi connectivity index (χ1) is 12.4. The number of hydrogen-bond donors (Lipinski definition) is 0. The van der Waals surface area contributed by atoms with E-state index in [-0.39, 0.29) is 0 Å². The highest BCUT2D eigenvalue weighted by atomic mass is 19.4. The van der Waals surface area contributed by atoms with Crippen LogP contribution < -0.4 is 0 Å². The average molecular weight is 392 g/mol. The summed E-state index contributed by atoms with van der Waals surface area (Å²) < 4.78 is 78.2. The Morgan fingerprint density at radius 2 is 0.889 bits per heavy atom. The Hall–Kier alpha value is -2.02. The molecule has 0 saturated carbocycles. The standard InChI is InChI=1S/C10H8F6.C8H10.C2H4O/c1-6-2-4-7(5-3-6)8(9(11,12)13)10(14,15)16;1-7-3-5-8(2)6-4-7;1-2-3-1/h2-5,8H,1H3;3-6H,1-2H3;1-2H2. The Morgan fingerprint density at radius 1 is 0.630 bits per heavy atom. The van der Waals surface area contributed by atoms with Crippen LogP contribution in [0.1, 0.15) is 28.2 Å². The van der Waals surface area contributed by atoms with E-state index >= 15 is 0 Å². The van der Waals surface area contributed by atoms with Crippen LogP contribution >= 0.6 is 0 Å². The molecule has 1 heterocycles. The smallest absolute Gasteiger partial charge is 0.377 e. The fourth-order valence-corrected chi connectivity index (χ4v) is 1.96. The topological polar surface area (TPSA) is 12.5 Å². The molecule has 0 amide bonds. The maximum Gasteiger partial charge on any atom is 0.404 e. The van der Waals surface area contributed by atoms with Crippen LogP contribution in [0.2, 0.25) is 0 Å². The lowest BCUT2D eigenvalue weighted by molar-refractivity contribution is -0.253. The van der Waals surface area contributed by atoms with E-state index in [1.807, 2.05) is 0 Å². The Kier molecular flexibility index (Phi) is 8.34. The highest BCUT2D eigenvalue weighted by Crippen LogP contribution is 2.46. The minimum Gasteiger partial charge on any atom is -0.377 e. The zero-order chi connectivity index (χ0) is 20.7. The van der Waals surface area contributed by atoms with E-state index in [0.29, 0.717) is 5.56 Å². The Labute approximate surface area is 155 Å². The highest BCUT2D eigenvalue weighted by molar-refractivity contribution is 5.26. The van der Waals surface area contributed by atoms with E-state index in [1.54, 1.807) is 6.92 Å². The Balaban J connectivity index is 0.000000270. The van der Waals surface area contributed by atoms with Gasteiger partial charge in [-0.05, 0) is 26.3 Å². The third-order valence-corrected chi connectivity index (χ3v) is 3.49. The van der Waals surface area contributed by atoms with Crippen molar-refractivity contribution in [1.29, 1.82) is 0 Å². The van der Waals surface area contributed by atoms with Crippen LogP contribution in [-0.4, -0.2) is 25.6 Å². The van der Waals surface area contributed by atoms with Gasteiger partial charge in [-0.2, -0.15) is 26.3 Å². The maximum absolute atomic E-state index is 12.3. The molecule has 1 aliphatic heterocycles. The quantitative estimate of drug-likeness (QED) is 0.397. The summed E-state index contributed by atoms with van der Waals surface area (Å²) in [5.74, 6) is -3.42. The van der Waals surface area contributed by atoms with Gasteiger partial charge in [0.15, 0.2) is 5.92 Å². The third-order valence-electron chi connectivity index (χ3n) is 3.49. The van der Waals surface area contributed by atoms with Crippen molar-refractivity contribution in [3.8, 4) is 0 Å². The maximum atomic E-state index is 12.3. The van der Waals surface area contributed by atoms with Crippen LogP contribution in [-0.2, 0) is 4.74 Å². The minimum absolute atomic E-state index is 0.604. The molecule has 0 atom stereocenters. The molecule has 0 unspecified atom stereocenters. The molecular weight excluding hydrogens is 370 g/mol. The Morgan fingerprint density at radius 3 is 1.11 bits per heavy atom. The molecule has 1 aliphatic rings. The largest absolute Gasteiger partial charge is 0.404 e. The summed E-state index contributed by atoms with van der Waals surface area (Å²) in [6.07, 6.45) is -10.7. The van der Waals surface area contributed by atoms with Crippen molar-refractivity contribution in [3.05, 3.63) is 70.8 Å². The number of rotatable bonds is 1. The van der Waals surface area contributed by atoms with Crippen LogP contribution in [0.5, 0.6) is 0 Å². The van der Waals surface area contributed by atoms with Crippen molar-refractivity contribution >= 4 is 0 Å². The first-order valence-electron chi connectivity index (χ1n) is 8.22. The van der Waals surface area contributed by atoms with Gasteiger partial charge in [0.2, 0.25) is 0 Å². The third kappa shape index (κ3) is 9.47. The summed E-state index contributed by atoms with van der Waals surface area (Å²) in [6.45, 7) is 7.78. The molecule has 1 nitrogen and oxygen atoms in total. The summed E-state index contributed by atoms with van der Waals surface area (Å²) in [5.41, 5.74) is 2.48. The fourth-order valence-electron chi connectivity index (χ4n) is 1.96. The van der Waals surface area contributed by atoms with Gasteiger partial charge in [-0.15, -0.1) is 0 Å². The van der Waals surface area contributed by atoms with Gasteiger partial charge in [0, 0.05) is 0 Å². The molecule has 3 rings (SSSR count).